The smallest absolute Gasteiger partial charge is 0.143 e. The zero-order valence-electron chi connectivity index (χ0n) is 8.13. The van der Waals surface area contributed by atoms with Crippen molar-refractivity contribution in [1.29, 1.82) is 0 Å². The van der Waals surface area contributed by atoms with E-state index in [9.17, 15) is 0 Å². The molecule has 0 spiro atoms. The Hall–Kier alpha value is -0.550. The van der Waals surface area contributed by atoms with Gasteiger partial charge in [-0.1, -0.05) is 11.6 Å². The minimum Gasteiger partial charge on any atom is -0.492 e. The largest absolute Gasteiger partial charge is 0.492 e. The van der Waals surface area contributed by atoms with Crippen molar-refractivity contribution in [2.45, 2.75) is 6.92 Å². The Bertz CT molecular complexity index is 501. The molecule has 1 heterocycles. The Labute approximate surface area is 107 Å². The van der Waals surface area contributed by atoms with Gasteiger partial charge < -0.3 is 4.74 Å². The fourth-order valence-corrected chi connectivity index (χ4v) is 2.16. The highest BCUT2D eigenvalue weighted by Gasteiger charge is 2.07. The van der Waals surface area contributed by atoms with Gasteiger partial charge in [0.15, 0.2) is 0 Å². The van der Waals surface area contributed by atoms with Crippen LogP contribution in [0.1, 0.15) is 6.92 Å². The van der Waals surface area contributed by atoms with Gasteiger partial charge in [0.05, 0.1) is 15.7 Å². The summed E-state index contributed by atoms with van der Waals surface area (Å²) in [6, 6.07) is 5.64. The molecule has 4 heteroatoms. The third kappa shape index (κ3) is 2.18. The van der Waals surface area contributed by atoms with Gasteiger partial charge in [-0.2, -0.15) is 0 Å². The lowest BCUT2D eigenvalue weighted by Gasteiger charge is -2.09. The van der Waals surface area contributed by atoms with Gasteiger partial charge in [-0.25, -0.2) is 0 Å². The van der Waals surface area contributed by atoms with Gasteiger partial charge in [0.1, 0.15) is 5.75 Å². The molecule has 0 amide bonds. The van der Waals surface area contributed by atoms with Crippen molar-refractivity contribution in [3.05, 3.63) is 33.0 Å². The molecule has 0 atom stereocenters. The zero-order valence-corrected chi connectivity index (χ0v) is 11.0. The first-order valence-electron chi connectivity index (χ1n) is 4.59. The molecule has 0 aliphatic rings. The van der Waals surface area contributed by atoms with E-state index in [2.05, 4.69) is 27.6 Å². The van der Waals surface area contributed by atoms with Crippen molar-refractivity contribution in [3.63, 3.8) is 0 Å². The highest BCUT2D eigenvalue weighted by atomic mass is 127. The van der Waals surface area contributed by atoms with Crippen molar-refractivity contribution in [2.75, 3.05) is 6.61 Å². The van der Waals surface area contributed by atoms with Crippen molar-refractivity contribution in [1.82, 2.24) is 4.98 Å². The molecule has 0 aliphatic carbocycles. The summed E-state index contributed by atoms with van der Waals surface area (Å²) in [6.07, 6.45) is 1.80. The van der Waals surface area contributed by atoms with Crippen LogP contribution in [0.15, 0.2) is 24.4 Å². The second-order valence-corrected chi connectivity index (χ2v) is 4.63. The first kappa shape index (κ1) is 11.0. The first-order valence-corrected chi connectivity index (χ1v) is 6.04. The van der Waals surface area contributed by atoms with Crippen LogP contribution in [0.4, 0.5) is 0 Å². The maximum Gasteiger partial charge on any atom is 0.143 e. The quantitative estimate of drug-likeness (QED) is 0.778. The van der Waals surface area contributed by atoms with Gasteiger partial charge >= 0.3 is 0 Å². The minimum absolute atomic E-state index is 0.651. The highest BCUT2D eigenvalue weighted by Crippen LogP contribution is 2.30. The van der Waals surface area contributed by atoms with Crippen LogP contribution >= 0.6 is 34.2 Å². The van der Waals surface area contributed by atoms with E-state index in [0.29, 0.717) is 11.6 Å². The molecule has 78 valence electrons. The molecule has 2 rings (SSSR count). The fraction of sp³-hybridized carbons (Fsp3) is 0.182. The lowest BCUT2D eigenvalue weighted by Crippen LogP contribution is -1.96. The average molecular weight is 334 g/mol. The van der Waals surface area contributed by atoms with Crippen molar-refractivity contribution < 1.29 is 4.74 Å². The number of benzene rings is 1. The van der Waals surface area contributed by atoms with E-state index >= 15 is 0 Å². The average Bonchev–Trinajstić information content (AvgIpc) is 2.22. The summed E-state index contributed by atoms with van der Waals surface area (Å²) in [6.45, 7) is 2.62. The normalized spacial score (nSPS) is 10.6. The van der Waals surface area contributed by atoms with Gasteiger partial charge in [0, 0.05) is 16.6 Å². The molecule has 0 saturated heterocycles. The van der Waals surface area contributed by atoms with Gasteiger partial charge in [-0.15, -0.1) is 0 Å². The van der Waals surface area contributed by atoms with Crippen molar-refractivity contribution >= 4 is 45.1 Å². The Kier molecular flexibility index (Phi) is 3.31. The number of hydrogen-bond donors (Lipinski definition) is 0. The third-order valence-corrected chi connectivity index (χ3v) is 3.03. The van der Waals surface area contributed by atoms with E-state index in [0.717, 1.165) is 20.2 Å². The zero-order chi connectivity index (χ0) is 10.8. The molecule has 1 aromatic carbocycles. The van der Waals surface area contributed by atoms with E-state index in [1.165, 1.54) is 0 Å². The fourth-order valence-electron chi connectivity index (χ4n) is 1.41. The Morgan fingerprint density at radius 1 is 1.47 bits per heavy atom. The topological polar surface area (TPSA) is 22.1 Å². The van der Waals surface area contributed by atoms with Crippen LogP contribution < -0.4 is 4.74 Å². The number of rotatable bonds is 2. The number of ether oxygens (including phenoxy) is 1. The van der Waals surface area contributed by atoms with Gasteiger partial charge in [0.25, 0.3) is 0 Å². The predicted molar refractivity (Wildman–Crippen MR) is 70.6 cm³/mol. The third-order valence-electron chi connectivity index (χ3n) is 2.03. The SMILES string of the molecule is CCOc1c(I)cnc2cc(Cl)ccc12. The van der Waals surface area contributed by atoms with Crippen LogP contribution in [-0.2, 0) is 0 Å². The Morgan fingerprint density at radius 2 is 2.27 bits per heavy atom. The summed E-state index contributed by atoms with van der Waals surface area (Å²) in [5.74, 6) is 0.889. The van der Waals surface area contributed by atoms with Crippen molar-refractivity contribution in [3.8, 4) is 5.75 Å². The molecule has 2 nitrogen and oxygen atoms in total. The molecule has 0 unspecified atom stereocenters. The summed E-state index contributed by atoms with van der Waals surface area (Å²) >= 11 is 8.13. The number of fused-ring (bicyclic) bond motifs is 1. The number of pyridine rings is 1. The number of halogens is 2. The lowest BCUT2D eigenvalue weighted by molar-refractivity contribution is 0.342. The van der Waals surface area contributed by atoms with E-state index < -0.39 is 0 Å². The summed E-state index contributed by atoms with van der Waals surface area (Å²) in [4.78, 5) is 4.31. The maximum atomic E-state index is 5.91. The van der Waals surface area contributed by atoms with Crippen LogP contribution in [-0.4, -0.2) is 11.6 Å². The minimum atomic E-state index is 0.651. The van der Waals surface area contributed by atoms with Gasteiger partial charge in [-0.05, 0) is 47.7 Å². The van der Waals surface area contributed by atoms with Crippen LogP contribution in [0.2, 0.25) is 5.02 Å². The second kappa shape index (κ2) is 4.53. The Morgan fingerprint density at radius 3 is 3.00 bits per heavy atom. The van der Waals surface area contributed by atoms with E-state index in [4.69, 9.17) is 16.3 Å². The molecule has 0 N–H and O–H groups in total. The number of hydrogen-bond acceptors (Lipinski definition) is 2. The molecule has 1 aromatic heterocycles. The van der Waals surface area contributed by atoms with E-state index in [-0.39, 0.29) is 0 Å². The monoisotopic (exact) mass is 333 g/mol. The summed E-state index contributed by atoms with van der Waals surface area (Å²) in [5.41, 5.74) is 0.867. The molecule has 0 aliphatic heterocycles. The molecule has 0 radical (unpaired) electrons. The second-order valence-electron chi connectivity index (χ2n) is 3.03. The summed E-state index contributed by atoms with van der Waals surface area (Å²) in [7, 11) is 0. The predicted octanol–water partition coefficient (Wildman–Crippen LogP) is 3.89. The first-order chi connectivity index (χ1) is 7.22. The lowest BCUT2D eigenvalue weighted by atomic mass is 10.2. The van der Waals surface area contributed by atoms with Crippen LogP contribution in [0.5, 0.6) is 5.75 Å². The molecule has 0 fully saturated rings. The number of nitrogens with zero attached hydrogens (tertiary/aromatic N) is 1. The van der Waals surface area contributed by atoms with Gasteiger partial charge in [0.2, 0.25) is 0 Å². The molecule has 0 bridgehead atoms. The molecule has 15 heavy (non-hydrogen) atoms. The molecular weight excluding hydrogens is 324 g/mol. The van der Waals surface area contributed by atoms with Gasteiger partial charge in [-0.3, -0.25) is 4.98 Å². The van der Waals surface area contributed by atoms with Crippen LogP contribution in [0, 0.1) is 3.57 Å². The Balaban J connectivity index is 2.70. The molecule has 2 aromatic rings. The summed E-state index contributed by atoms with van der Waals surface area (Å²) < 4.78 is 6.62. The number of aromatic nitrogens is 1. The van der Waals surface area contributed by atoms with Crippen molar-refractivity contribution in [2.24, 2.45) is 0 Å². The van der Waals surface area contributed by atoms with Crippen LogP contribution in [0.3, 0.4) is 0 Å². The van der Waals surface area contributed by atoms with E-state index in [1.54, 1.807) is 6.20 Å². The van der Waals surface area contributed by atoms with Crippen LogP contribution in [0.25, 0.3) is 10.9 Å². The summed E-state index contributed by atoms with van der Waals surface area (Å²) in [5, 5.41) is 1.70. The maximum absolute atomic E-state index is 5.91. The molecular formula is C11H9ClINO. The standard InChI is InChI=1S/C11H9ClINO/c1-2-15-11-8-4-3-7(12)5-10(8)14-6-9(11)13/h3-6H,2H2,1H3. The molecule has 0 saturated carbocycles. The highest BCUT2D eigenvalue weighted by molar-refractivity contribution is 14.1. The van der Waals surface area contributed by atoms with E-state index in [1.807, 2.05) is 25.1 Å².